The number of fused-ring (bicyclic) bond motifs is 2. The third-order valence-corrected chi connectivity index (χ3v) is 4.11. The molecule has 0 aromatic heterocycles. The van der Waals surface area contributed by atoms with Gasteiger partial charge >= 0.3 is 0 Å². The third-order valence-electron chi connectivity index (χ3n) is 4.11. The Balaban J connectivity index is 1.81. The van der Waals surface area contributed by atoms with Crippen LogP contribution in [-0.4, -0.2) is 18.0 Å². The van der Waals surface area contributed by atoms with Gasteiger partial charge in [-0.25, -0.2) is 0 Å². The molecular weight excluding hydrogens is 272 g/mol. The average molecular weight is 290 g/mol. The fourth-order valence-corrected chi connectivity index (χ4v) is 2.98. The van der Waals surface area contributed by atoms with Crippen LogP contribution in [0, 0.1) is 0 Å². The molecule has 0 amide bonds. The smallest absolute Gasteiger partial charge is 0.151 e. The van der Waals surface area contributed by atoms with Crippen LogP contribution in [-0.2, 0) is 0 Å². The van der Waals surface area contributed by atoms with Crippen molar-refractivity contribution in [3.05, 3.63) is 66.3 Å². The molecule has 0 spiro atoms. The van der Waals surface area contributed by atoms with Gasteiger partial charge in [0.25, 0.3) is 0 Å². The Bertz CT molecular complexity index is 777. The van der Waals surface area contributed by atoms with Crippen LogP contribution in [0.5, 0.6) is 11.5 Å². The molecule has 0 saturated carbocycles. The lowest BCUT2D eigenvalue weighted by atomic mass is 10.0. The molecule has 0 unspecified atom stereocenters. The largest absolute Gasteiger partial charge is 0.453 e. The quantitative estimate of drug-likeness (QED) is 0.736. The average Bonchev–Trinajstić information content (AvgIpc) is 2.59. The first-order valence-corrected chi connectivity index (χ1v) is 7.66. The van der Waals surface area contributed by atoms with Gasteiger partial charge in [-0.1, -0.05) is 36.4 Å². The van der Waals surface area contributed by atoms with Crippen LogP contribution in [0.3, 0.4) is 0 Å². The molecule has 2 aliphatic heterocycles. The lowest BCUT2D eigenvalue weighted by Crippen LogP contribution is -2.24. The van der Waals surface area contributed by atoms with Gasteiger partial charge in [0, 0.05) is 24.4 Å². The van der Waals surface area contributed by atoms with E-state index in [1.54, 1.807) is 0 Å². The number of para-hydroxylation sites is 3. The summed E-state index contributed by atoms with van der Waals surface area (Å²) in [7, 11) is 0. The normalized spacial score (nSPS) is 15.3. The predicted octanol–water partition coefficient (Wildman–Crippen LogP) is 4.77. The Morgan fingerprint density at radius 3 is 2.86 bits per heavy atom. The van der Waals surface area contributed by atoms with Crippen molar-refractivity contribution < 1.29 is 4.74 Å². The van der Waals surface area contributed by atoms with E-state index in [2.05, 4.69) is 47.5 Å². The van der Waals surface area contributed by atoms with Crippen LogP contribution in [0.25, 0.3) is 5.70 Å². The van der Waals surface area contributed by atoms with E-state index in [0.717, 1.165) is 36.0 Å². The number of hydrogen-bond acceptors (Lipinski definition) is 3. The number of nitrogens with zero attached hydrogens (tertiary/aromatic N) is 1. The Hall–Kier alpha value is -2.68. The molecule has 2 aromatic rings. The number of likely N-dealkylation sites (N-methyl/N-ethyl adjacent to an activating group) is 1. The van der Waals surface area contributed by atoms with Gasteiger partial charge in [0.15, 0.2) is 11.5 Å². The summed E-state index contributed by atoms with van der Waals surface area (Å²) in [5, 5.41) is 3.53. The van der Waals surface area contributed by atoms with Gasteiger partial charge in [0.05, 0.1) is 11.4 Å². The van der Waals surface area contributed by atoms with E-state index in [-0.39, 0.29) is 0 Å². The Kier molecular flexibility index (Phi) is 3.11. The van der Waals surface area contributed by atoms with Crippen molar-refractivity contribution in [2.45, 2.75) is 6.92 Å². The molecule has 2 aromatic carbocycles. The molecular formula is C19H18N2O. The van der Waals surface area contributed by atoms with Crippen LogP contribution in [0.1, 0.15) is 12.5 Å². The first kappa shape index (κ1) is 13.0. The van der Waals surface area contributed by atoms with Crippen molar-refractivity contribution in [2.24, 2.45) is 0 Å². The van der Waals surface area contributed by atoms with Gasteiger partial charge in [-0.05, 0) is 31.2 Å². The maximum atomic E-state index is 6.05. The van der Waals surface area contributed by atoms with Crippen LogP contribution in [0.15, 0.2) is 60.7 Å². The van der Waals surface area contributed by atoms with Crippen molar-refractivity contribution in [1.82, 2.24) is 4.90 Å². The second-order valence-corrected chi connectivity index (χ2v) is 5.42. The summed E-state index contributed by atoms with van der Waals surface area (Å²) in [5.41, 5.74) is 4.47. The molecule has 0 atom stereocenters. The Morgan fingerprint density at radius 2 is 1.95 bits per heavy atom. The first-order chi connectivity index (χ1) is 10.9. The van der Waals surface area contributed by atoms with Crippen LogP contribution in [0.4, 0.5) is 11.4 Å². The molecule has 2 heterocycles. The van der Waals surface area contributed by atoms with Crippen molar-refractivity contribution in [2.75, 3.05) is 18.4 Å². The monoisotopic (exact) mass is 290 g/mol. The van der Waals surface area contributed by atoms with Gasteiger partial charge in [0.1, 0.15) is 0 Å². The van der Waals surface area contributed by atoms with E-state index in [0.29, 0.717) is 0 Å². The van der Waals surface area contributed by atoms with Crippen molar-refractivity contribution in [1.29, 1.82) is 0 Å². The molecule has 3 heteroatoms. The zero-order valence-corrected chi connectivity index (χ0v) is 12.5. The zero-order valence-electron chi connectivity index (χ0n) is 12.5. The molecule has 0 fully saturated rings. The highest BCUT2D eigenvalue weighted by molar-refractivity contribution is 5.86. The molecule has 2 aliphatic rings. The molecule has 110 valence electrons. The molecule has 1 N–H and O–H groups in total. The van der Waals surface area contributed by atoms with Crippen LogP contribution >= 0.6 is 0 Å². The molecule has 0 aliphatic carbocycles. The Morgan fingerprint density at radius 1 is 1.09 bits per heavy atom. The van der Waals surface area contributed by atoms with Gasteiger partial charge in [0.2, 0.25) is 0 Å². The number of benzene rings is 2. The molecule has 22 heavy (non-hydrogen) atoms. The molecule has 0 radical (unpaired) electrons. The standard InChI is InChI=1S/C19H18N2O/c1-2-21-13-6-5-10-16(21)14-8-7-12-18-19(14)20-15-9-3-4-11-17(15)22-18/h3-12,20H,2,13H2,1H3. The highest BCUT2D eigenvalue weighted by atomic mass is 16.5. The first-order valence-electron chi connectivity index (χ1n) is 7.66. The van der Waals surface area contributed by atoms with Gasteiger partial charge in [-0.15, -0.1) is 0 Å². The minimum absolute atomic E-state index is 0.872. The lowest BCUT2D eigenvalue weighted by molar-refractivity contribution is 0.458. The topological polar surface area (TPSA) is 24.5 Å². The second kappa shape index (κ2) is 5.26. The van der Waals surface area contributed by atoms with E-state index in [4.69, 9.17) is 4.74 Å². The van der Waals surface area contributed by atoms with Crippen LogP contribution in [0.2, 0.25) is 0 Å². The minimum atomic E-state index is 0.872. The third kappa shape index (κ3) is 2.06. The van der Waals surface area contributed by atoms with E-state index in [1.165, 1.54) is 11.3 Å². The number of hydrogen-bond donors (Lipinski definition) is 1. The van der Waals surface area contributed by atoms with Gasteiger partial charge in [-0.2, -0.15) is 0 Å². The molecule has 3 nitrogen and oxygen atoms in total. The molecule has 0 bridgehead atoms. The van der Waals surface area contributed by atoms with E-state index < -0.39 is 0 Å². The summed E-state index contributed by atoms with van der Waals surface area (Å²) >= 11 is 0. The number of ether oxygens (including phenoxy) is 1. The molecule has 4 rings (SSSR count). The second-order valence-electron chi connectivity index (χ2n) is 5.42. The van der Waals surface area contributed by atoms with Crippen molar-refractivity contribution in [3.63, 3.8) is 0 Å². The van der Waals surface area contributed by atoms with E-state index >= 15 is 0 Å². The molecule has 0 saturated heterocycles. The van der Waals surface area contributed by atoms with Crippen LogP contribution < -0.4 is 10.1 Å². The van der Waals surface area contributed by atoms with E-state index in [9.17, 15) is 0 Å². The highest BCUT2D eigenvalue weighted by Crippen LogP contribution is 2.45. The highest BCUT2D eigenvalue weighted by Gasteiger charge is 2.22. The number of anilines is 2. The van der Waals surface area contributed by atoms with Crippen molar-refractivity contribution >= 4 is 17.1 Å². The Labute approximate surface area is 130 Å². The van der Waals surface area contributed by atoms with Crippen molar-refractivity contribution in [3.8, 4) is 11.5 Å². The summed E-state index contributed by atoms with van der Waals surface area (Å²) < 4.78 is 6.05. The number of nitrogens with one attached hydrogen (secondary N) is 1. The van der Waals surface area contributed by atoms with Gasteiger partial charge in [-0.3, -0.25) is 0 Å². The van der Waals surface area contributed by atoms with E-state index in [1.807, 2.05) is 30.3 Å². The summed E-state index contributed by atoms with van der Waals surface area (Å²) in [6.45, 7) is 4.11. The number of rotatable bonds is 2. The fourth-order valence-electron chi connectivity index (χ4n) is 2.98. The SMILES string of the molecule is CCN1CC=CC=C1c1cccc2c1Nc1ccccc1O2. The summed E-state index contributed by atoms with van der Waals surface area (Å²) in [6, 6.07) is 14.2. The summed E-state index contributed by atoms with van der Waals surface area (Å²) in [6.07, 6.45) is 6.48. The fraction of sp³-hybridized carbons (Fsp3) is 0.158. The lowest BCUT2D eigenvalue weighted by Gasteiger charge is -2.30. The predicted molar refractivity (Wildman–Crippen MR) is 90.6 cm³/mol. The zero-order chi connectivity index (χ0) is 14.9. The summed E-state index contributed by atoms with van der Waals surface area (Å²) in [4.78, 5) is 2.36. The minimum Gasteiger partial charge on any atom is -0.453 e. The number of allylic oxidation sites excluding steroid dienone is 2. The summed E-state index contributed by atoms with van der Waals surface area (Å²) in [5.74, 6) is 1.75. The maximum Gasteiger partial charge on any atom is 0.151 e. The van der Waals surface area contributed by atoms with Gasteiger partial charge < -0.3 is 15.0 Å². The maximum absolute atomic E-state index is 6.05.